The standard InChI is InChI=1S/C23H30ClN3O4/c1-15-20(24)21(27(6)26-15)22(31-14-30-19(28)13-29-7)18(12-25-5)16-8-10-17(11-9-16)23(2,3)4/h8-12H,13-14H2,1-7H3/b22-18-,25-12+. The summed E-state index contributed by atoms with van der Waals surface area (Å²) in [6.07, 6.45) is 1.69. The Bertz CT molecular complexity index is 970. The van der Waals surface area contributed by atoms with Crippen LogP contribution in [-0.4, -0.2) is 49.5 Å². The van der Waals surface area contributed by atoms with Crippen LogP contribution in [0.2, 0.25) is 5.02 Å². The van der Waals surface area contributed by atoms with Crippen LogP contribution in [0.15, 0.2) is 29.3 Å². The lowest BCUT2D eigenvalue weighted by molar-refractivity contribution is -0.155. The molecular weight excluding hydrogens is 418 g/mol. The summed E-state index contributed by atoms with van der Waals surface area (Å²) in [4.78, 5) is 15.9. The minimum Gasteiger partial charge on any atom is -0.454 e. The minimum absolute atomic E-state index is 0.0264. The Morgan fingerprint density at radius 1 is 1.23 bits per heavy atom. The number of rotatable bonds is 8. The maximum Gasteiger partial charge on any atom is 0.334 e. The van der Waals surface area contributed by atoms with Crippen LogP contribution in [0.25, 0.3) is 11.3 Å². The largest absolute Gasteiger partial charge is 0.454 e. The highest BCUT2D eigenvalue weighted by Crippen LogP contribution is 2.33. The average Bonchev–Trinajstić information content (AvgIpc) is 2.95. The fraction of sp³-hybridized carbons (Fsp3) is 0.435. The molecule has 0 radical (unpaired) electrons. The first-order valence-electron chi connectivity index (χ1n) is 9.84. The highest BCUT2D eigenvalue weighted by atomic mass is 35.5. The molecule has 0 fully saturated rings. The second-order valence-electron chi connectivity index (χ2n) is 8.04. The Morgan fingerprint density at radius 2 is 1.87 bits per heavy atom. The van der Waals surface area contributed by atoms with Crippen LogP contribution in [-0.2, 0) is 31.5 Å². The molecule has 1 aromatic heterocycles. The van der Waals surface area contributed by atoms with E-state index in [4.69, 9.17) is 25.8 Å². The van der Waals surface area contributed by atoms with Crippen LogP contribution in [0, 0.1) is 6.92 Å². The van der Waals surface area contributed by atoms with E-state index in [-0.39, 0.29) is 18.8 Å². The Hall–Kier alpha value is -2.64. The molecule has 0 N–H and O–H groups in total. The molecule has 0 aliphatic rings. The van der Waals surface area contributed by atoms with Crippen molar-refractivity contribution in [3.63, 3.8) is 0 Å². The second-order valence-corrected chi connectivity index (χ2v) is 8.42. The fourth-order valence-electron chi connectivity index (χ4n) is 3.01. The summed E-state index contributed by atoms with van der Waals surface area (Å²) < 4.78 is 17.5. The molecule has 0 amide bonds. The molecule has 168 valence electrons. The molecule has 0 bridgehead atoms. The van der Waals surface area contributed by atoms with E-state index in [2.05, 4.69) is 43.0 Å². The van der Waals surface area contributed by atoms with E-state index < -0.39 is 5.97 Å². The number of aryl methyl sites for hydroxylation is 2. The number of halogens is 1. The van der Waals surface area contributed by atoms with E-state index in [0.29, 0.717) is 27.7 Å². The molecule has 0 unspecified atom stereocenters. The van der Waals surface area contributed by atoms with E-state index in [1.807, 2.05) is 19.1 Å². The summed E-state index contributed by atoms with van der Waals surface area (Å²) in [6.45, 7) is 7.83. The van der Waals surface area contributed by atoms with Crippen molar-refractivity contribution in [1.82, 2.24) is 9.78 Å². The van der Waals surface area contributed by atoms with Gasteiger partial charge in [0.15, 0.2) is 5.76 Å². The van der Waals surface area contributed by atoms with Gasteiger partial charge < -0.3 is 14.2 Å². The molecule has 2 rings (SSSR count). The maximum absolute atomic E-state index is 11.7. The minimum atomic E-state index is -0.533. The summed E-state index contributed by atoms with van der Waals surface area (Å²) in [5.74, 6) is -0.123. The third-order valence-corrected chi connectivity index (χ3v) is 5.07. The lowest BCUT2D eigenvalue weighted by Gasteiger charge is -2.20. The molecule has 0 saturated heterocycles. The smallest absolute Gasteiger partial charge is 0.334 e. The first-order chi connectivity index (χ1) is 14.6. The van der Waals surface area contributed by atoms with Gasteiger partial charge in [0.1, 0.15) is 12.3 Å². The zero-order valence-corrected chi connectivity index (χ0v) is 19.9. The first kappa shape index (κ1) is 24.6. The number of ether oxygens (including phenoxy) is 3. The van der Waals surface area contributed by atoms with E-state index >= 15 is 0 Å². The van der Waals surface area contributed by atoms with Crippen molar-refractivity contribution >= 4 is 35.1 Å². The summed E-state index contributed by atoms with van der Waals surface area (Å²) >= 11 is 6.55. The number of aromatic nitrogens is 2. The van der Waals surface area contributed by atoms with Crippen molar-refractivity contribution in [2.75, 3.05) is 27.6 Å². The van der Waals surface area contributed by atoms with E-state index in [0.717, 1.165) is 5.56 Å². The quantitative estimate of drug-likeness (QED) is 0.259. The predicted molar refractivity (Wildman–Crippen MR) is 123 cm³/mol. The molecular formula is C23H30ClN3O4. The van der Waals surface area contributed by atoms with Crippen LogP contribution < -0.4 is 0 Å². The number of carbonyl (C=O) groups excluding carboxylic acids is 1. The third-order valence-electron chi connectivity index (χ3n) is 4.61. The zero-order valence-electron chi connectivity index (χ0n) is 19.2. The first-order valence-corrected chi connectivity index (χ1v) is 10.2. The Labute approximate surface area is 188 Å². The molecule has 7 nitrogen and oxygen atoms in total. The van der Waals surface area contributed by atoms with Gasteiger partial charge in [0.2, 0.25) is 6.79 Å². The van der Waals surface area contributed by atoms with Gasteiger partial charge in [0.25, 0.3) is 0 Å². The molecule has 0 saturated carbocycles. The van der Waals surface area contributed by atoms with Gasteiger partial charge in [-0.1, -0.05) is 56.6 Å². The van der Waals surface area contributed by atoms with Gasteiger partial charge in [0.05, 0.1) is 10.7 Å². The van der Waals surface area contributed by atoms with E-state index in [1.54, 1.807) is 25.0 Å². The molecule has 31 heavy (non-hydrogen) atoms. The van der Waals surface area contributed by atoms with Crippen molar-refractivity contribution in [1.29, 1.82) is 0 Å². The Kier molecular flexibility index (Phi) is 8.42. The summed E-state index contributed by atoms with van der Waals surface area (Å²) in [7, 11) is 4.87. The lowest BCUT2D eigenvalue weighted by atomic mass is 9.86. The van der Waals surface area contributed by atoms with Crippen LogP contribution in [0.1, 0.15) is 43.3 Å². The van der Waals surface area contributed by atoms with Crippen molar-refractivity contribution in [3.8, 4) is 0 Å². The van der Waals surface area contributed by atoms with Crippen molar-refractivity contribution in [2.24, 2.45) is 12.0 Å². The summed E-state index contributed by atoms with van der Waals surface area (Å²) in [6, 6.07) is 8.17. The number of hydrogen-bond acceptors (Lipinski definition) is 6. The van der Waals surface area contributed by atoms with Gasteiger partial charge >= 0.3 is 5.97 Å². The maximum atomic E-state index is 11.7. The zero-order chi connectivity index (χ0) is 23.2. The van der Waals surface area contributed by atoms with Crippen LogP contribution in [0.4, 0.5) is 0 Å². The van der Waals surface area contributed by atoms with Crippen LogP contribution in [0.3, 0.4) is 0 Å². The number of carbonyl (C=O) groups is 1. The normalized spacial score (nSPS) is 12.8. The predicted octanol–water partition coefficient (Wildman–Crippen LogP) is 4.41. The van der Waals surface area contributed by atoms with Gasteiger partial charge in [-0.05, 0) is 23.5 Å². The molecule has 2 aromatic rings. The van der Waals surface area contributed by atoms with Crippen molar-refractivity contribution in [3.05, 3.63) is 51.8 Å². The number of benzene rings is 1. The van der Waals surface area contributed by atoms with Gasteiger partial charge in [-0.3, -0.25) is 9.67 Å². The molecule has 1 heterocycles. The van der Waals surface area contributed by atoms with Crippen molar-refractivity contribution < 1.29 is 19.0 Å². The number of esters is 1. The Balaban J connectivity index is 2.58. The molecule has 1 aromatic carbocycles. The highest BCUT2D eigenvalue weighted by molar-refractivity contribution is 6.33. The third kappa shape index (κ3) is 6.18. The number of allylic oxidation sites excluding steroid dienone is 1. The Morgan fingerprint density at radius 3 is 2.35 bits per heavy atom. The molecule has 0 spiro atoms. The number of aliphatic imine (C=N–C) groups is 1. The van der Waals surface area contributed by atoms with Gasteiger partial charge in [-0.2, -0.15) is 5.10 Å². The topological polar surface area (TPSA) is 74.9 Å². The van der Waals surface area contributed by atoms with Gasteiger partial charge in [-0.15, -0.1) is 0 Å². The van der Waals surface area contributed by atoms with Gasteiger partial charge in [-0.25, -0.2) is 4.79 Å². The molecule has 0 aliphatic carbocycles. The molecule has 0 atom stereocenters. The van der Waals surface area contributed by atoms with Crippen LogP contribution in [0.5, 0.6) is 0 Å². The average molecular weight is 448 g/mol. The second kappa shape index (κ2) is 10.6. The summed E-state index contributed by atoms with van der Waals surface area (Å²) in [5, 5.41) is 4.84. The van der Waals surface area contributed by atoms with Gasteiger partial charge in [0, 0.05) is 33.0 Å². The molecule has 8 heteroatoms. The summed E-state index contributed by atoms with van der Waals surface area (Å²) in [5.41, 5.74) is 4.03. The highest BCUT2D eigenvalue weighted by Gasteiger charge is 2.22. The SMILES string of the molecule is C/N=C/C(=C(/OCOC(=O)COC)c1c(Cl)c(C)nn1C)c1ccc(C(C)(C)C)cc1. The van der Waals surface area contributed by atoms with E-state index in [9.17, 15) is 4.79 Å². The van der Waals surface area contributed by atoms with Crippen LogP contribution >= 0.6 is 11.6 Å². The number of hydrogen-bond donors (Lipinski definition) is 0. The monoisotopic (exact) mass is 447 g/mol. The number of nitrogens with zero attached hydrogens (tertiary/aromatic N) is 3. The van der Waals surface area contributed by atoms with E-state index in [1.165, 1.54) is 12.7 Å². The lowest BCUT2D eigenvalue weighted by Crippen LogP contribution is -2.14. The molecule has 0 aliphatic heterocycles. The fourth-order valence-corrected chi connectivity index (χ4v) is 3.26. The number of methoxy groups -OCH3 is 1. The van der Waals surface area contributed by atoms with Crippen molar-refractivity contribution in [2.45, 2.75) is 33.1 Å².